The second kappa shape index (κ2) is 6.43. The van der Waals surface area contributed by atoms with Crippen LogP contribution in [0, 0.1) is 0 Å². The van der Waals surface area contributed by atoms with Crippen molar-refractivity contribution in [3.63, 3.8) is 0 Å². The summed E-state index contributed by atoms with van der Waals surface area (Å²) < 4.78 is 4.35. The average molecular weight is 120 g/mol. The number of ether oxygens (including phenoxy) is 1. The van der Waals surface area contributed by atoms with E-state index >= 15 is 0 Å². The Morgan fingerprint density at radius 2 is 2.12 bits per heavy atom. The van der Waals surface area contributed by atoms with E-state index in [-0.39, 0.29) is 11.4 Å². The van der Waals surface area contributed by atoms with Crippen molar-refractivity contribution in [1.29, 1.82) is 0 Å². The Labute approximate surface area is 49.0 Å². The first-order valence-electron chi connectivity index (χ1n) is 2.38. The van der Waals surface area contributed by atoms with E-state index in [9.17, 15) is 4.79 Å². The molecule has 0 aliphatic heterocycles. The summed E-state index contributed by atoms with van der Waals surface area (Å²) >= 11 is 0. The lowest BCUT2D eigenvalue weighted by atomic mass is 10.3. The Kier molecular flexibility index (Phi) is 8.37. The number of hydrogen-bond acceptors (Lipinski definition) is 2. The summed E-state index contributed by atoms with van der Waals surface area (Å²) in [6, 6.07) is 0. The van der Waals surface area contributed by atoms with Crippen LogP contribution in [0.4, 0.5) is 0 Å². The van der Waals surface area contributed by atoms with Gasteiger partial charge in [-0.2, -0.15) is 0 Å². The van der Waals surface area contributed by atoms with Gasteiger partial charge in [-0.1, -0.05) is 6.92 Å². The third-order valence-corrected chi connectivity index (χ3v) is 0.682. The minimum absolute atomic E-state index is 0. The largest absolute Gasteiger partial charge is 0.469 e. The summed E-state index contributed by atoms with van der Waals surface area (Å²) in [7, 11) is 1.40. The van der Waals surface area contributed by atoms with Gasteiger partial charge in [-0.25, -0.2) is 0 Å². The van der Waals surface area contributed by atoms with Gasteiger partial charge in [0.15, 0.2) is 0 Å². The number of hydrogen-bond donors (Lipinski definition) is 0. The van der Waals surface area contributed by atoms with Crippen molar-refractivity contribution in [1.82, 2.24) is 0 Å². The molecule has 0 heterocycles. The van der Waals surface area contributed by atoms with Gasteiger partial charge in [-0.15, -0.1) is 0 Å². The van der Waals surface area contributed by atoms with E-state index in [0.717, 1.165) is 6.42 Å². The zero-order valence-corrected chi connectivity index (χ0v) is 5.23. The average Bonchev–Trinajstić information content (AvgIpc) is 1.68. The van der Waals surface area contributed by atoms with Crippen LogP contribution >= 0.6 is 0 Å². The molecule has 0 spiro atoms. The molecule has 0 bridgehead atoms. The van der Waals surface area contributed by atoms with Gasteiger partial charge in [0, 0.05) is 6.42 Å². The summed E-state index contributed by atoms with van der Waals surface area (Å²) in [5.41, 5.74) is 0. The molecule has 3 nitrogen and oxygen atoms in total. The van der Waals surface area contributed by atoms with E-state index < -0.39 is 0 Å². The number of methoxy groups -OCH3 is 1. The predicted octanol–water partition coefficient (Wildman–Crippen LogP) is 0.135. The van der Waals surface area contributed by atoms with Crippen LogP contribution in [0.15, 0.2) is 0 Å². The number of esters is 1. The molecule has 50 valence electrons. The molecule has 0 rings (SSSR count). The van der Waals surface area contributed by atoms with Gasteiger partial charge in [0.1, 0.15) is 0 Å². The predicted molar refractivity (Wildman–Crippen MR) is 30.5 cm³/mol. The van der Waals surface area contributed by atoms with Crippen molar-refractivity contribution < 1.29 is 15.0 Å². The topological polar surface area (TPSA) is 57.8 Å². The van der Waals surface area contributed by atoms with Gasteiger partial charge in [-0.05, 0) is 6.42 Å². The van der Waals surface area contributed by atoms with E-state index in [1.165, 1.54) is 7.11 Å². The summed E-state index contributed by atoms with van der Waals surface area (Å²) in [5, 5.41) is 0. The zero-order chi connectivity index (χ0) is 5.70. The lowest BCUT2D eigenvalue weighted by molar-refractivity contribution is -0.140. The van der Waals surface area contributed by atoms with Crippen LogP contribution in [0.25, 0.3) is 0 Å². The monoisotopic (exact) mass is 120 g/mol. The van der Waals surface area contributed by atoms with E-state index in [0.29, 0.717) is 6.42 Å². The van der Waals surface area contributed by atoms with Gasteiger partial charge in [0.05, 0.1) is 7.11 Å². The minimum Gasteiger partial charge on any atom is -0.469 e. The van der Waals surface area contributed by atoms with Crippen molar-refractivity contribution >= 4 is 5.97 Å². The molecule has 0 aromatic carbocycles. The Balaban J connectivity index is 0. The minimum atomic E-state index is -0.123. The van der Waals surface area contributed by atoms with Crippen LogP contribution in [0.3, 0.4) is 0 Å². The molecular weight excluding hydrogens is 108 g/mol. The van der Waals surface area contributed by atoms with E-state index in [1.54, 1.807) is 0 Å². The van der Waals surface area contributed by atoms with Gasteiger partial charge in [-0.3, -0.25) is 4.79 Å². The van der Waals surface area contributed by atoms with Crippen LogP contribution in [0.1, 0.15) is 19.8 Å². The molecule has 0 aromatic rings. The molecule has 0 amide bonds. The van der Waals surface area contributed by atoms with Gasteiger partial charge < -0.3 is 10.2 Å². The van der Waals surface area contributed by atoms with Gasteiger partial charge in [0.25, 0.3) is 0 Å². The zero-order valence-electron chi connectivity index (χ0n) is 5.23. The number of rotatable bonds is 2. The summed E-state index contributed by atoms with van der Waals surface area (Å²) in [4.78, 5) is 10.2. The Bertz CT molecular complexity index is 60.7. The maximum atomic E-state index is 10.2. The highest BCUT2D eigenvalue weighted by Crippen LogP contribution is 1.86. The molecular formula is C5H12O3. The second-order valence-corrected chi connectivity index (χ2v) is 1.33. The van der Waals surface area contributed by atoms with Crippen LogP contribution < -0.4 is 0 Å². The first kappa shape index (κ1) is 10.4. The van der Waals surface area contributed by atoms with Crippen LogP contribution in [-0.4, -0.2) is 18.6 Å². The fraction of sp³-hybridized carbons (Fsp3) is 0.800. The fourth-order valence-corrected chi connectivity index (χ4v) is 0.306. The van der Waals surface area contributed by atoms with Crippen LogP contribution in [0.2, 0.25) is 0 Å². The smallest absolute Gasteiger partial charge is 0.305 e. The normalized spacial score (nSPS) is 7.25. The van der Waals surface area contributed by atoms with Crippen molar-refractivity contribution in [2.45, 2.75) is 19.8 Å². The van der Waals surface area contributed by atoms with Gasteiger partial charge >= 0.3 is 5.97 Å². The Hall–Kier alpha value is -0.570. The van der Waals surface area contributed by atoms with Crippen molar-refractivity contribution in [2.24, 2.45) is 0 Å². The standard InChI is InChI=1S/C5H10O2.H2O/c1-3-4-5(6)7-2;/h3-4H2,1-2H3;1H2. The fourth-order valence-electron chi connectivity index (χ4n) is 0.306. The van der Waals surface area contributed by atoms with E-state index in [2.05, 4.69) is 4.74 Å². The maximum absolute atomic E-state index is 10.2. The first-order valence-corrected chi connectivity index (χ1v) is 2.38. The molecule has 0 saturated carbocycles. The molecule has 8 heavy (non-hydrogen) atoms. The van der Waals surface area contributed by atoms with Crippen LogP contribution in [-0.2, 0) is 9.53 Å². The van der Waals surface area contributed by atoms with Crippen molar-refractivity contribution in [3.8, 4) is 0 Å². The molecule has 0 radical (unpaired) electrons. The molecule has 0 atom stereocenters. The molecule has 0 aliphatic carbocycles. The lowest BCUT2D eigenvalue weighted by Gasteiger charge is -1.91. The van der Waals surface area contributed by atoms with Crippen molar-refractivity contribution in [2.75, 3.05) is 7.11 Å². The van der Waals surface area contributed by atoms with Gasteiger partial charge in [0.2, 0.25) is 0 Å². The van der Waals surface area contributed by atoms with Crippen LogP contribution in [0.5, 0.6) is 0 Å². The molecule has 3 heteroatoms. The first-order chi connectivity index (χ1) is 3.31. The second-order valence-electron chi connectivity index (χ2n) is 1.33. The quantitative estimate of drug-likeness (QED) is 0.486. The SMILES string of the molecule is CCCC(=O)OC.O. The Morgan fingerprint density at radius 3 is 2.25 bits per heavy atom. The molecule has 0 aromatic heterocycles. The highest BCUT2D eigenvalue weighted by Gasteiger charge is 1.92. The van der Waals surface area contributed by atoms with E-state index in [4.69, 9.17) is 0 Å². The Morgan fingerprint density at radius 1 is 1.62 bits per heavy atom. The highest BCUT2D eigenvalue weighted by atomic mass is 16.5. The summed E-state index contributed by atoms with van der Waals surface area (Å²) in [6.45, 7) is 1.94. The third-order valence-electron chi connectivity index (χ3n) is 0.682. The number of carbonyl (C=O) groups is 1. The summed E-state index contributed by atoms with van der Waals surface area (Å²) in [6.07, 6.45) is 1.41. The maximum Gasteiger partial charge on any atom is 0.305 e. The lowest BCUT2D eigenvalue weighted by Crippen LogP contribution is -1.97. The summed E-state index contributed by atoms with van der Waals surface area (Å²) in [5.74, 6) is -0.123. The molecule has 0 unspecified atom stereocenters. The molecule has 0 aliphatic rings. The third kappa shape index (κ3) is 5.43. The van der Waals surface area contributed by atoms with E-state index in [1.807, 2.05) is 6.92 Å². The number of carbonyl (C=O) groups excluding carboxylic acids is 1. The molecule has 0 fully saturated rings. The molecule has 2 N–H and O–H groups in total. The molecule has 0 saturated heterocycles. The highest BCUT2D eigenvalue weighted by molar-refractivity contribution is 5.68. The van der Waals surface area contributed by atoms with Crippen molar-refractivity contribution in [3.05, 3.63) is 0 Å².